The molecular formula is C13H16BrNO3. The summed E-state index contributed by atoms with van der Waals surface area (Å²) in [6.07, 6.45) is 3.43. The van der Waals surface area contributed by atoms with E-state index in [9.17, 15) is 9.90 Å². The van der Waals surface area contributed by atoms with Crippen molar-refractivity contribution >= 4 is 21.8 Å². The highest BCUT2D eigenvalue weighted by Gasteiger charge is 2.25. The van der Waals surface area contributed by atoms with Gasteiger partial charge in [-0.15, -0.1) is 0 Å². The number of halogens is 1. The monoisotopic (exact) mass is 313 g/mol. The van der Waals surface area contributed by atoms with Crippen molar-refractivity contribution in [2.45, 2.75) is 24.1 Å². The Morgan fingerprint density at radius 1 is 1.39 bits per heavy atom. The van der Waals surface area contributed by atoms with E-state index >= 15 is 0 Å². The van der Waals surface area contributed by atoms with Crippen molar-refractivity contribution < 1.29 is 15.0 Å². The Bertz CT molecular complexity index is 450. The van der Waals surface area contributed by atoms with Crippen LogP contribution in [0.15, 0.2) is 18.2 Å². The molecule has 0 radical (unpaired) electrons. The van der Waals surface area contributed by atoms with Crippen LogP contribution in [-0.4, -0.2) is 27.5 Å². The van der Waals surface area contributed by atoms with Gasteiger partial charge in [0, 0.05) is 17.4 Å². The molecule has 5 heteroatoms. The van der Waals surface area contributed by atoms with E-state index in [4.69, 9.17) is 5.11 Å². The third-order valence-corrected chi connectivity index (χ3v) is 4.52. The van der Waals surface area contributed by atoms with E-state index in [-0.39, 0.29) is 23.0 Å². The number of alkyl halides is 1. The van der Waals surface area contributed by atoms with Crippen LogP contribution in [0.5, 0.6) is 11.5 Å². The molecule has 0 spiro atoms. The van der Waals surface area contributed by atoms with Gasteiger partial charge in [0.1, 0.15) is 11.5 Å². The summed E-state index contributed by atoms with van der Waals surface area (Å²) in [7, 11) is 0. The molecule has 1 aromatic carbocycles. The van der Waals surface area contributed by atoms with Crippen LogP contribution in [0.25, 0.3) is 0 Å². The fraction of sp³-hybridized carbons (Fsp3) is 0.462. The van der Waals surface area contributed by atoms with Crippen molar-refractivity contribution in [3.8, 4) is 11.5 Å². The van der Waals surface area contributed by atoms with Crippen molar-refractivity contribution in [1.82, 2.24) is 5.32 Å². The summed E-state index contributed by atoms with van der Waals surface area (Å²) >= 11 is 3.60. The topological polar surface area (TPSA) is 69.6 Å². The number of phenolic OH excluding ortho intramolecular Hbond substituents is 2. The molecule has 0 aliphatic heterocycles. The summed E-state index contributed by atoms with van der Waals surface area (Å²) in [5.74, 6) is -0.109. The Hall–Kier alpha value is -1.23. The van der Waals surface area contributed by atoms with Crippen molar-refractivity contribution in [2.75, 3.05) is 6.54 Å². The maximum Gasteiger partial charge on any atom is 0.255 e. The molecule has 1 aliphatic rings. The van der Waals surface area contributed by atoms with E-state index in [1.807, 2.05) is 0 Å². The van der Waals surface area contributed by atoms with Crippen molar-refractivity contribution in [3.05, 3.63) is 23.8 Å². The molecule has 0 bridgehead atoms. The van der Waals surface area contributed by atoms with E-state index in [0.29, 0.717) is 17.3 Å². The van der Waals surface area contributed by atoms with Gasteiger partial charge in [0.25, 0.3) is 5.91 Å². The van der Waals surface area contributed by atoms with E-state index in [0.717, 1.165) is 18.9 Å². The molecule has 0 aromatic heterocycles. The average Bonchev–Trinajstić information content (AvgIpc) is 2.72. The Kier molecular flexibility index (Phi) is 4.11. The van der Waals surface area contributed by atoms with Gasteiger partial charge in [0.05, 0.1) is 5.56 Å². The predicted molar refractivity (Wildman–Crippen MR) is 72.2 cm³/mol. The summed E-state index contributed by atoms with van der Waals surface area (Å²) in [5.41, 5.74) is 0.192. The molecule has 4 nitrogen and oxygen atoms in total. The number of amides is 1. The van der Waals surface area contributed by atoms with Crippen LogP contribution in [0.4, 0.5) is 0 Å². The Morgan fingerprint density at radius 3 is 2.78 bits per heavy atom. The number of hydrogen-bond acceptors (Lipinski definition) is 3. The van der Waals surface area contributed by atoms with Crippen molar-refractivity contribution in [1.29, 1.82) is 0 Å². The van der Waals surface area contributed by atoms with Gasteiger partial charge in [-0.1, -0.05) is 22.4 Å². The van der Waals surface area contributed by atoms with Gasteiger partial charge < -0.3 is 15.5 Å². The summed E-state index contributed by atoms with van der Waals surface area (Å²) in [5, 5.41) is 21.6. The van der Waals surface area contributed by atoms with Crippen LogP contribution in [0.2, 0.25) is 0 Å². The van der Waals surface area contributed by atoms with Gasteiger partial charge in [0.2, 0.25) is 0 Å². The molecule has 0 heterocycles. The minimum atomic E-state index is -0.306. The first kappa shape index (κ1) is 13.2. The van der Waals surface area contributed by atoms with E-state index < -0.39 is 0 Å². The molecule has 1 amide bonds. The lowest BCUT2D eigenvalue weighted by Crippen LogP contribution is -2.30. The molecule has 1 saturated carbocycles. The standard InChI is InChI=1S/C13H16BrNO3/c14-11-3-1-2-8(11)7-15-13(18)10-5-4-9(16)6-12(10)17/h4-6,8,11,16-17H,1-3,7H2,(H,15,18). The molecule has 1 fully saturated rings. The highest BCUT2D eigenvalue weighted by atomic mass is 79.9. The van der Waals surface area contributed by atoms with Crippen molar-refractivity contribution in [3.63, 3.8) is 0 Å². The molecule has 2 rings (SSSR count). The third kappa shape index (κ3) is 2.96. The first-order chi connectivity index (χ1) is 8.58. The largest absolute Gasteiger partial charge is 0.508 e. The maximum absolute atomic E-state index is 11.9. The normalized spacial score (nSPS) is 22.9. The molecule has 98 valence electrons. The zero-order chi connectivity index (χ0) is 13.1. The lowest BCUT2D eigenvalue weighted by molar-refractivity contribution is 0.0945. The second-order valence-electron chi connectivity index (χ2n) is 4.62. The number of phenols is 2. The number of carbonyl (C=O) groups is 1. The maximum atomic E-state index is 11.9. The number of nitrogens with one attached hydrogen (secondary N) is 1. The number of hydrogen-bond donors (Lipinski definition) is 3. The zero-order valence-corrected chi connectivity index (χ0v) is 11.5. The SMILES string of the molecule is O=C(NCC1CCCC1Br)c1ccc(O)cc1O. The second kappa shape index (κ2) is 5.61. The van der Waals surface area contributed by atoms with Crippen LogP contribution in [-0.2, 0) is 0 Å². The molecule has 2 atom stereocenters. The Labute approximate surface area is 114 Å². The number of carbonyl (C=O) groups excluding carboxylic acids is 1. The highest BCUT2D eigenvalue weighted by molar-refractivity contribution is 9.09. The third-order valence-electron chi connectivity index (χ3n) is 3.32. The fourth-order valence-electron chi connectivity index (χ4n) is 2.25. The Morgan fingerprint density at radius 2 is 2.17 bits per heavy atom. The molecular weight excluding hydrogens is 298 g/mol. The van der Waals surface area contributed by atoms with Gasteiger partial charge in [-0.25, -0.2) is 0 Å². The van der Waals surface area contributed by atoms with Crippen LogP contribution in [0, 0.1) is 5.92 Å². The smallest absolute Gasteiger partial charge is 0.255 e. The zero-order valence-electron chi connectivity index (χ0n) is 9.90. The van der Waals surface area contributed by atoms with E-state index in [2.05, 4.69) is 21.2 Å². The summed E-state index contributed by atoms with van der Waals surface area (Å²) < 4.78 is 0. The molecule has 1 aliphatic carbocycles. The minimum Gasteiger partial charge on any atom is -0.508 e. The van der Waals surface area contributed by atoms with Crippen molar-refractivity contribution in [2.24, 2.45) is 5.92 Å². The Balaban J connectivity index is 1.95. The van der Waals surface area contributed by atoms with Crippen LogP contribution in [0.3, 0.4) is 0 Å². The number of benzene rings is 1. The van der Waals surface area contributed by atoms with Gasteiger partial charge in [-0.05, 0) is 30.9 Å². The van der Waals surface area contributed by atoms with Gasteiger partial charge >= 0.3 is 0 Å². The molecule has 2 unspecified atom stereocenters. The summed E-state index contributed by atoms with van der Waals surface area (Å²) in [6.45, 7) is 0.606. The van der Waals surface area contributed by atoms with Crippen LogP contribution in [0.1, 0.15) is 29.6 Å². The van der Waals surface area contributed by atoms with Crippen LogP contribution < -0.4 is 5.32 Å². The summed E-state index contributed by atoms with van der Waals surface area (Å²) in [6, 6.07) is 3.97. The quantitative estimate of drug-likeness (QED) is 0.750. The lowest BCUT2D eigenvalue weighted by Gasteiger charge is -2.15. The average molecular weight is 314 g/mol. The molecule has 18 heavy (non-hydrogen) atoms. The van der Waals surface area contributed by atoms with Gasteiger partial charge in [-0.2, -0.15) is 0 Å². The lowest BCUT2D eigenvalue weighted by atomic mass is 10.1. The second-order valence-corrected chi connectivity index (χ2v) is 5.79. The highest BCUT2D eigenvalue weighted by Crippen LogP contribution is 2.31. The van der Waals surface area contributed by atoms with E-state index in [1.165, 1.54) is 18.6 Å². The van der Waals surface area contributed by atoms with Crippen LogP contribution >= 0.6 is 15.9 Å². The molecule has 3 N–H and O–H groups in total. The first-order valence-corrected chi connectivity index (χ1v) is 6.93. The molecule has 1 aromatic rings. The number of aromatic hydroxyl groups is 2. The fourth-order valence-corrected chi connectivity index (χ4v) is 3.03. The minimum absolute atomic E-state index is 0.0552. The number of rotatable bonds is 3. The molecule has 0 saturated heterocycles. The first-order valence-electron chi connectivity index (χ1n) is 6.02. The van der Waals surface area contributed by atoms with E-state index in [1.54, 1.807) is 0 Å². The summed E-state index contributed by atoms with van der Waals surface area (Å²) in [4.78, 5) is 12.3. The van der Waals surface area contributed by atoms with Gasteiger partial charge in [-0.3, -0.25) is 4.79 Å². The predicted octanol–water partition coefficient (Wildman–Crippen LogP) is 2.39. The van der Waals surface area contributed by atoms with Gasteiger partial charge in [0.15, 0.2) is 0 Å².